The van der Waals surface area contributed by atoms with Crippen LogP contribution in [0.25, 0.3) is 11.2 Å². The predicted octanol–water partition coefficient (Wildman–Crippen LogP) is 3.89. The Balaban J connectivity index is 1.87. The summed E-state index contributed by atoms with van der Waals surface area (Å²) in [6.45, 7) is 3.72. The molecule has 3 aromatic rings. The summed E-state index contributed by atoms with van der Waals surface area (Å²) in [7, 11) is 0. The molecule has 0 bridgehead atoms. The molecular weight excluding hydrogens is 298 g/mol. The van der Waals surface area contributed by atoms with E-state index in [0.717, 1.165) is 30.6 Å². The fourth-order valence-electron chi connectivity index (χ4n) is 2.31. The molecule has 0 amide bonds. The fraction of sp³-hybridized carbons (Fsp3) is 0.312. The number of fused-ring (bicyclic) bond motifs is 1. The largest absolute Gasteiger partial charge is 0.364 e. The number of hydrogen-bond donors (Lipinski definition) is 1. The average molecular weight is 316 g/mol. The number of halogens is 1. The van der Waals surface area contributed by atoms with Crippen molar-refractivity contribution in [2.24, 2.45) is 0 Å². The van der Waals surface area contributed by atoms with Gasteiger partial charge in [0, 0.05) is 13.1 Å². The SMILES string of the molecule is CCCCn1cnc2c(NCc3ccccc3)nc(Cl)nc21. The van der Waals surface area contributed by atoms with E-state index in [1.807, 2.05) is 22.8 Å². The molecule has 6 heteroatoms. The van der Waals surface area contributed by atoms with Crippen molar-refractivity contribution in [3.63, 3.8) is 0 Å². The van der Waals surface area contributed by atoms with Crippen molar-refractivity contribution in [3.05, 3.63) is 47.5 Å². The van der Waals surface area contributed by atoms with Gasteiger partial charge in [-0.05, 0) is 23.6 Å². The van der Waals surface area contributed by atoms with Gasteiger partial charge in [-0.2, -0.15) is 9.97 Å². The van der Waals surface area contributed by atoms with Crippen LogP contribution < -0.4 is 5.32 Å². The van der Waals surface area contributed by atoms with Gasteiger partial charge in [0.05, 0.1) is 6.33 Å². The molecule has 5 nitrogen and oxygen atoms in total. The average Bonchev–Trinajstić information content (AvgIpc) is 2.94. The van der Waals surface area contributed by atoms with Crippen molar-refractivity contribution in [2.45, 2.75) is 32.9 Å². The highest BCUT2D eigenvalue weighted by Crippen LogP contribution is 2.21. The lowest BCUT2D eigenvalue weighted by Crippen LogP contribution is -2.04. The Morgan fingerprint density at radius 2 is 2.00 bits per heavy atom. The Morgan fingerprint density at radius 1 is 1.18 bits per heavy atom. The van der Waals surface area contributed by atoms with Crippen molar-refractivity contribution in [1.82, 2.24) is 19.5 Å². The lowest BCUT2D eigenvalue weighted by molar-refractivity contribution is 0.641. The van der Waals surface area contributed by atoms with Gasteiger partial charge in [0.15, 0.2) is 17.0 Å². The first-order valence-electron chi connectivity index (χ1n) is 7.44. The monoisotopic (exact) mass is 315 g/mol. The van der Waals surface area contributed by atoms with Crippen LogP contribution in [0.5, 0.6) is 0 Å². The molecule has 0 radical (unpaired) electrons. The minimum absolute atomic E-state index is 0.237. The third-order valence-corrected chi connectivity index (χ3v) is 3.66. The van der Waals surface area contributed by atoms with Gasteiger partial charge >= 0.3 is 0 Å². The zero-order chi connectivity index (χ0) is 15.4. The van der Waals surface area contributed by atoms with E-state index >= 15 is 0 Å². The van der Waals surface area contributed by atoms with Crippen LogP contribution in [-0.2, 0) is 13.1 Å². The topological polar surface area (TPSA) is 55.6 Å². The third-order valence-electron chi connectivity index (χ3n) is 3.49. The number of nitrogens with zero attached hydrogens (tertiary/aromatic N) is 4. The number of rotatable bonds is 6. The van der Waals surface area contributed by atoms with Gasteiger partial charge in [-0.3, -0.25) is 0 Å². The van der Waals surface area contributed by atoms with E-state index in [4.69, 9.17) is 11.6 Å². The van der Waals surface area contributed by atoms with Gasteiger partial charge in [0.2, 0.25) is 5.28 Å². The summed E-state index contributed by atoms with van der Waals surface area (Å²) in [5.74, 6) is 0.675. The molecule has 0 aliphatic carbocycles. The molecule has 1 aromatic carbocycles. The van der Waals surface area contributed by atoms with E-state index in [1.165, 1.54) is 5.56 Å². The zero-order valence-electron chi connectivity index (χ0n) is 12.5. The highest BCUT2D eigenvalue weighted by molar-refractivity contribution is 6.28. The number of aryl methyl sites for hydroxylation is 1. The molecule has 1 N–H and O–H groups in total. The number of anilines is 1. The number of imidazole rings is 1. The summed E-state index contributed by atoms with van der Waals surface area (Å²) >= 11 is 6.07. The van der Waals surface area contributed by atoms with Gasteiger partial charge < -0.3 is 9.88 Å². The van der Waals surface area contributed by atoms with E-state index < -0.39 is 0 Å². The van der Waals surface area contributed by atoms with E-state index in [2.05, 4.69) is 39.3 Å². The van der Waals surface area contributed by atoms with Crippen LogP contribution in [0, 0.1) is 0 Å². The van der Waals surface area contributed by atoms with Gasteiger partial charge in [0.1, 0.15) is 0 Å². The van der Waals surface area contributed by atoms with Gasteiger partial charge in [-0.25, -0.2) is 4.98 Å². The maximum atomic E-state index is 6.07. The lowest BCUT2D eigenvalue weighted by atomic mass is 10.2. The molecule has 0 atom stereocenters. The highest BCUT2D eigenvalue weighted by atomic mass is 35.5. The Bertz CT molecular complexity index is 754. The minimum Gasteiger partial charge on any atom is -0.364 e. The van der Waals surface area contributed by atoms with E-state index in [1.54, 1.807) is 6.33 Å². The first-order valence-corrected chi connectivity index (χ1v) is 7.82. The third kappa shape index (κ3) is 3.20. The molecule has 0 unspecified atom stereocenters. The maximum absolute atomic E-state index is 6.07. The number of unbranched alkanes of at least 4 members (excludes halogenated alkanes) is 1. The Morgan fingerprint density at radius 3 is 2.77 bits per heavy atom. The summed E-state index contributed by atoms with van der Waals surface area (Å²) in [5, 5.41) is 3.54. The Labute approximate surface area is 134 Å². The summed E-state index contributed by atoms with van der Waals surface area (Å²) in [6, 6.07) is 10.1. The molecule has 2 heterocycles. The first-order chi connectivity index (χ1) is 10.8. The number of benzene rings is 1. The van der Waals surface area contributed by atoms with Crippen LogP contribution in [0.3, 0.4) is 0 Å². The predicted molar refractivity (Wildman–Crippen MR) is 89.0 cm³/mol. The van der Waals surface area contributed by atoms with Gasteiger partial charge in [-0.1, -0.05) is 43.7 Å². The summed E-state index contributed by atoms with van der Waals surface area (Å²) < 4.78 is 2.03. The van der Waals surface area contributed by atoms with Crippen LogP contribution in [-0.4, -0.2) is 19.5 Å². The quantitative estimate of drug-likeness (QED) is 0.701. The zero-order valence-corrected chi connectivity index (χ0v) is 13.2. The van der Waals surface area contributed by atoms with Crippen LogP contribution >= 0.6 is 11.6 Å². The molecule has 0 aliphatic heterocycles. The standard InChI is InChI=1S/C16H18ClN5/c1-2-3-9-22-11-19-13-14(20-16(17)21-15(13)22)18-10-12-7-5-4-6-8-12/h4-8,11H,2-3,9-10H2,1H3,(H,18,20,21). The van der Waals surface area contributed by atoms with Gasteiger partial charge in [-0.15, -0.1) is 0 Å². The molecule has 0 saturated heterocycles. The van der Waals surface area contributed by atoms with Crippen LogP contribution in [0.2, 0.25) is 5.28 Å². The van der Waals surface area contributed by atoms with Crippen LogP contribution in [0.4, 0.5) is 5.82 Å². The smallest absolute Gasteiger partial charge is 0.226 e. The van der Waals surface area contributed by atoms with E-state index in [0.29, 0.717) is 12.4 Å². The molecule has 22 heavy (non-hydrogen) atoms. The molecular formula is C16H18ClN5. The number of nitrogens with one attached hydrogen (secondary N) is 1. The lowest BCUT2D eigenvalue weighted by Gasteiger charge is -2.07. The molecule has 0 spiro atoms. The minimum atomic E-state index is 0.237. The normalized spacial score (nSPS) is 11.0. The number of hydrogen-bond acceptors (Lipinski definition) is 4. The maximum Gasteiger partial charge on any atom is 0.226 e. The van der Waals surface area contributed by atoms with Crippen molar-refractivity contribution in [3.8, 4) is 0 Å². The fourth-order valence-corrected chi connectivity index (χ4v) is 2.48. The Hall–Kier alpha value is -2.14. The van der Waals surface area contributed by atoms with E-state index in [-0.39, 0.29) is 5.28 Å². The molecule has 0 fully saturated rings. The summed E-state index contributed by atoms with van der Waals surface area (Å²) in [4.78, 5) is 13.0. The highest BCUT2D eigenvalue weighted by Gasteiger charge is 2.12. The molecule has 114 valence electrons. The second-order valence-electron chi connectivity index (χ2n) is 5.14. The second kappa shape index (κ2) is 6.75. The number of aromatic nitrogens is 4. The van der Waals surface area contributed by atoms with Crippen molar-refractivity contribution >= 4 is 28.6 Å². The van der Waals surface area contributed by atoms with Crippen LogP contribution in [0.15, 0.2) is 36.7 Å². The molecule has 0 aliphatic rings. The second-order valence-corrected chi connectivity index (χ2v) is 5.48. The first kappa shape index (κ1) is 14.8. The van der Waals surface area contributed by atoms with E-state index in [9.17, 15) is 0 Å². The van der Waals surface area contributed by atoms with Crippen molar-refractivity contribution in [1.29, 1.82) is 0 Å². The molecule has 0 saturated carbocycles. The summed E-state index contributed by atoms with van der Waals surface area (Å²) in [6.07, 6.45) is 4.01. The van der Waals surface area contributed by atoms with Gasteiger partial charge in [0.25, 0.3) is 0 Å². The molecule has 3 rings (SSSR count). The Kier molecular flexibility index (Phi) is 4.53. The molecule has 2 aromatic heterocycles. The van der Waals surface area contributed by atoms with Crippen LogP contribution in [0.1, 0.15) is 25.3 Å². The van der Waals surface area contributed by atoms with Crippen molar-refractivity contribution in [2.75, 3.05) is 5.32 Å². The summed E-state index contributed by atoms with van der Waals surface area (Å²) in [5.41, 5.74) is 2.72. The van der Waals surface area contributed by atoms with Crippen molar-refractivity contribution < 1.29 is 0 Å².